The Hall–Kier alpha value is -2.20. The molecular formula is C14H12ClNO3. The number of rotatable bonds is 4. The van der Waals surface area contributed by atoms with Gasteiger partial charge in [-0.3, -0.25) is 0 Å². The zero-order valence-electron chi connectivity index (χ0n) is 10.2. The lowest BCUT2D eigenvalue weighted by molar-refractivity contribution is 0.0698. The van der Waals surface area contributed by atoms with Crippen molar-refractivity contribution in [3.8, 4) is 5.75 Å². The molecule has 0 bridgehead atoms. The molecule has 98 valence electrons. The summed E-state index contributed by atoms with van der Waals surface area (Å²) in [6, 6.07) is 11.7. The van der Waals surface area contributed by atoms with Crippen LogP contribution in [0.5, 0.6) is 5.75 Å². The first kappa shape index (κ1) is 13.2. The molecule has 4 nitrogen and oxygen atoms in total. The van der Waals surface area contributed by atoms with Crippen molar-refractivity contribution < 1.29 is 14.6 Å². The van der Waals surface area contributed by atoms with Crippen molar-refractivity contribution in [2.24, 2.45) is 0 Å². The van der Waals surface area contributed by atoms with Crippen LogP contribution in [0.3, 0.4) is 0 Å². The van der Waals surface area contributed by atoms with Gasteiger partial charge >= 0.3 is 5.97 Å². The SMILES string of the molecule is COc1ccc(Cl)cc1Nc1ccccc1C(=O)O. The molecule has 0 aliphatic carbocycles. The van der Waals surface area contributed by atoms with Gasteiger partial charge in [-0.15, -0.1) is 0 Å². The summed E-state index contributed by atoms with van der Waals surface area (Å²) in [5.74, 6) is -0.409. The number of carboxylic acids is 1. The highest BCUT2D eigenvalue weighted by molar-refractivity contribution is 6.31. The molecule has 0 aromatic heterocycles. The monoisotopic (exact) mass is 277 g/mol. The summed E-state index contributed by atoms with van der Waals surface area (Å²) in [6.07, 6.45) is 0. The molecule has 2 N–H and O–H groups in total. The minimum absolute atomic E-state index is 0.185. The molecule has 0 fully saturated rings. The number of nitrogens with one attached hydrogen (secondary N) is 1. The highest BCUT2D eigenvalue weighted by Crippen LogP contribution is 2.31. The van der Waals surface area contributed by atoms with E-state index in [4.69, 9.17) is 21.4 Å². The quantitative estimate of drug-likeness (QED) is 0.893. The number of halogens is 1. The molecular weight excluding hydrogens is 266 g/mol. The van der Waals surface area contributed by atoms with Crippen molar-refractivity contribution in [3.63, 3.8) is 0 Å². The molecule has 0 unspecified atom stereocenters. The van der Waals surface area contributed by atoms with Gasteiger partial charge in [0.25, 0.3) is 0 Å². The van der Waals surface area contributed by atoms with Gasteiger partial charge in [-0.1, -0.05) is 23.7 Å². The normalized spacial score (nSPS) is 10.0. The van der Waals surface area contributed by atoms with Crippen LogP contribution in [0, 0.1) is 0 Å². The van der Waals surface area contributed by atoms with E-state index >= 15 is 0 Å². The van der Waals surface area contributed by atoms with Gasteiger partial charge in [0.1, 0.15) is 5.75 Å². The Morgan fingerprint density at radius 1 is 1.21 bits per heavy atom. The van der Waals surface area contributed by atoms with Gasteiger partial charge in [-0.05, 0) is 30.3 Å². The first-order chi connectivity index (χ1) is 9.11. The fourth-order valence-electron chi connectivity index (χ4n) is 1.70. The molecule has 2 rings (SSSR count). The number of anilines is 2. The van der Waals surface area contributed by atoms with Crippen molar-refractivity contribution in [3.05, 3.63) is 53.1 Å². The first-order valence-electron chi connectivity index (χ1n) is 5.54. The van der Waals surface area contributed by atoms with Crippen LogP contribution in [0.15, 0.2) is 42.5 Å². The zero-order chi connectivity index (χ0) is 13.8. The van der Waals surface area contributed by atoms with Gasteiger partial charge in [-0.25, -0.2) is 4.79 Å². The third kappa shape index (κ3) is 2.98. The standard InChI is InChI=1S/C14H12ClNO3/c1-19-13-7-6-9(15)8-12(13)16-11-5-3-2-4-10(11)14(17)18/h2-8,16H,1H3,(H,17,18). The summed E-state index contributed by atoms with van der Waals surface area (Å²) in [4.78, 5) is 11.1. The van der Waals surface area contributed by atoms with Gasteiger partial charge in [0.05, 0.1) is 24.0 Å². The summed E-state index contributed by atoms with van der Waals surface area (Å²) < 4.78 is 5.20. The second kappa shape index (κ2) is 5.63. The lowest BCUT2D eigenvalue weighted by Crippen LogP contribution is -2.03. The predicted molar refractivity (Wildman–Crippen MR) is 74.7 cm³/mol. The van der Waals surface area contributed by atoms with E-state index in [2.05, 4.69) is 5.32 Å². The minimum Gasteiger partial charge on any atom is -0.495 e. The molecule has 0 saturated carbocycles. The van der Waals surface area contributed by atoms with Crippen molar-refractivity contribution >= 4 is 28.9 Å². The van der Waals surface area contributed by atoms with E-state index in [-0.39, 0.29) is 5.56 Å². The summed E-state index contributed by atoms with van der Waals surface area (Å²) >= 11 is 5.93. The van der Waals surface area contributed by atoms with Crippen LogP contribution in [0.1, 0.15) is 10.4 Å². The van der Waals surface area contributed by atoms with E-state index in [1.807, 2.05) is 0 Å². The average Bonchev–Trinajstić information content (AvgIpc) is 2.39. The first-order valence-corrected chi connectivity index (χ1v) is 5.92. The Morgan fingerprint density at radius 2 is 1.95 bits per heavy atom. The molecule has 0 saturated heterocycles. The summed E-state index contributed by atoms with van der Waals surface area (Å²) in [5.41, 5.74) is 1.28. The molecule has 0 atom stereocenters. The number of benzene rings is 2. The largest absolute Gasteiger partial charge is 0.495 e. The smallest absolute Gasteiger partial charge is 0.337 e. The number of hydrogen-bond donors (Lipinski definition) is 2. The molecule has 0 amide bonds. The molecule has 0 heterocycles. The number of carboxylic acid groups (broad SMARTS) is 1. The van der Waals surface area contributed by atoms with E-state index in [0.29, 0.717) is 22.1 Å². The Kier molecular flexibility index (Phi) is 3.92. The van der Waals surface area contributed by atoms with Crippen molar-refractivity contribution in [2.75, 3.05) is 12.4 Å². The van der Waals surface area contributed by atoms with Crippen LogP contribution in [0.2, 0.25) is 5.02 Å². The summed E-state index contributed by atoms with van der Waals surface area (Å²) in [7, 11) is 1.54. The predicted octanol–water partition coefficient (Wildman–Crippen LogP) is 3.79. The second-order valence-corrected chi connectivity index (χ2v) is 4.26. The van der Waals surface area contributed by atoms with Gasteiger partial charge in [0.15, 0.2) is 0 Å². The lowest BCUT2D eigenvalue weighted by Gasteiger charge is -2.13. The van der Waals surface area contributed by atoms with Crippen LogP contribution >= 0.6 is 11.6 Å². The van der Waals surface area contributed by atoms with Crippen LogP contribution in [0.25, 0.3) is 0 Å². The van der Waals surface area contributed by atoms with Crippen molar-refractivity contribution in [1.82, 2.24) is 0 Å². The number of hydrogen-bond acceptors (Lipinski definition) is 3. The van der Waals surface area contributed by atoms with E-state index in [1.165, 1.54) is 13.2 Å². The third-order valence-corrected chi connectivity index (χ3v) is 2.82. The second-order valence-electron chi connectivity index (χ2n) is 3.82. The number of methoxy groups -OCH3 is 1. The zero-order valence-corrected chi connectivity index (χ0v) is 10.9. The molecule has 19 heavy (non-hydrogen) atoms. The Balaban J connectivity index is 2.41. The molecule has 0 aliphatic heterocycles. The Morgan fingerprint density at radius 3 is 2.63 bits per heavy atom. The van der Waals surface area contributed by atoms with E-state index in [1.54, 1.807) is 36.4 Å². The summed E-state index contributed by atoms with van der Waals surface area (Å²) in [5, 5.41) is 12.7. The molecule has 2 aromatic rings. The lowest BCUT2D eigenvalue weighted by atomic mass is 10.1. The number of aromatic carboxylic acids is 1. The maximum absolute atomic E-state index is 11.1. The molecule has 0 spiro atoms. The van der Waals surface area contributed by atoms with Crippen LogP contribution in [-0.4, -0.2) is 18.2 Å². The molecule has 2 aromatic carbocycles. The average molecular weight is 278 g/mol. The van der Waals surface area contributed by atoms with Crippen LogP contribution < -0.4 is 10.1 Å². The van der Waals surface area contributed by atoms with Crippen LogP contribution in [0.4, 0.5) is 11.4 Å². The number of carbonyl (C=O) groups is 1. The van der Waals surface area contributed by atoms with Crippen molar-refractivity contribution in [2.45, 2.75) is 0 Å². The van der Waals surface area contributed by atoms with Gasteiger partial charge < -0.3 is 15.2 Å². The van der Waals surface area contributed by atoms with E-state index in [0.717, 1.165) is 0 Å². The fraction of sp³-hybridized carbons (Fsp3) is 0.0714. The molecule has 5 heteroatoms. The van der Waals surface area contributed by atoms with Gasteiger partial charge in [0, 0.05) is 5.02 Å². The molecule has 0 aliphatic rings. The maximum Gasteiger partial charge on any atom is 0.337 e. The van der Waals surface area contributed by atoms with Crippen molar-refractivity contribution in [1.29, 1.82) is 0 Å². The Bertz CT molecular complexity index is 613. The highest BCUT2D eigenvalue weighted by atomic mass is 35.5. The molecule has 0 radical (unpaired) electrons. The van der Waals surface area contributed by atoms with Gasteiger partial charge in [0.2, 0.25) is 0 Å². The summed E-state index contributed by atoms with van der Waals surface area (Å²) in [6.45, 7) is 0. The number of ether oxygens (including phenoxy) is 1. The Labute approximate surface area is 115 Å². The van der Waals surface area contributed by atoms with Gasteiger partial charge in [-0.2, -0.15) is 0 Å². The fourth-order valence-corrected chi connectivity index (χ4v) is 1.87. The van der Waals surface area contributed by atoms with E-state index < -0.39 is 5.97 Å². The minimum atomic E-state index is -0.996. The third-order valence-electron chi connectivity index (χ3n) is 2.59. The van der Waals surface area contributed by atoms with Crippen LogP contribution in [-0.2, 0) is 0 Å². The maximum atomic E-state index is 11.1. The number of para-hydroxylation sites is 1. The highest BCUT2D eigenvalue weighted by Gasteiger charge is 2.11. The topological polar surface area (TPSA) is 58.6 Å². The van der Waals surface area contributed by atoms with E-state index in [9.17, 15) is 4.79 Å².